The van der Waals surface area contributed by atoms with Crippen LogP contribution in [0.25, 0.3) is 0 Å². The van der Waals surface area contributed by atoms with Gasteiger partial charge in [-0.3, -0.25) is 4.79 Å². The van der Waals surface area contributed by atoms with E-state index in [1.54, 1.807) is 12.1 Å². The van der Waals surface area contributed by atoms with Gasteiger partial charge in [0.2, 0.25) is 0 Å². The zero-order valence-corrected chi connectivity index (χ0v) is 10.3. The van der Waals surface area contributed by atoms with Crippen molar-refractivity contribution in [1.29, 1.82) is 0 Å². The minimum Gasteiger partial charge on any atom is -0.482 e. The van der Waals surface area contributed by atoms with Crippen LogP contribution in [0.1, 0.15) is 15.9 Å². The number of halogens is 2. The molecule has 2 aromatic rings. The molecular weight excluding hydrogens is 250 g/mol. The summed E-state index contributed by atoms with van der Waals surface area (Å²) in [6.07, 6.45) is 0. The van der Waals surface area contributed by atoms with Gasteiger partial charge in [0.15, 0.2) is 24.0 Å². The van der Waals surface area contributed by atoms with Crippen LogP contribution in [0, 0.1) is 18.6 Å². The molecule has 0 saturated carbocycles. The number of hydrogen-bond donors (Lipinski definition) is 0. The Kier molecular flexibility index (Phi) is 3.90. The summed E-state index contributed by atoms with van der Waals surface area (Å²) < 4.78 is 31.1. The number of Topliss-reactive ketones (excluding diaryl/α,β-unsaturated/α-hetero) is 1. The molecule has 4 heteroatoms. The van der Waals surface area contributed by atoms with Crippen LogP contribution in [0.2, 0.25) is 0 Å². The number of benzene rings is 2. The number of ketones is 1. The molecule has 0 amide bonds. The Morgan fingerprint density at radius 3 is 2.58 bits per heavy atom. The second-order valence-corrected chi connectivity index (χ2v) is 4.10. The van der Waals surface area contributed by atoms with Gasteiger partial charge in [0, 0.05) is 11.6 Å². The smallest absolute Gasteiger partial charge is 0.200 e. The van der Waals surface area contributed by atoms with Gasteiger partial charge >= 0.3 is 0 Å². The van der Waals surface area contributed by atoms with Crippen LogP contribution in [-0.4, -0.2) is 12.4 Å². The lowest BCUT2D eigenvalue weighted by Gasteiger charge is -2.08. The monoisotopic (exact) mass is 262 g/mol. The summed E-state index contributed by atoms with van der Waals surface area (Å²) in [6.45, 7) is 1.53. The molecule has 0 aliphatic heterocycles. The predicted molar refractivity (Wildman–Crippen MR) is 67.4 cm³/mol. The number of carbonyl (C=O) groups excluding carboxylic acids is 1. The molecule has 0 aliphatic rings. The average Bonchev–Trinajstić information content (AvgIpc) is 2.38. The van der Waals surface area contributed by atoms with Crippen molar-refractivity contribution >= 4 is 5.78 Å². The van der Waals surface area contributed by atoms with Crippen molar-refractivity contribution in [3.63, 3.8) is 0 Å². The van der Waals surface area contributed by atoms with Gasteiger partial charge in [0.25, 0.3) is 0 Å². The first-order valence-electron chi connectivity index (χ1n) is 5.74. The van der Waals surface area contributed by atoms with Crippen LogP contribution >= 0.6 is 0 Å². The molecule has 0 N–H and O–H groups in total. The van der Waals surface area contributed by atoms with Gasteiger partial charge in [0.05, 0.1) is 0 Å². The van der Waals surface area contributed by atoms with Gasteiger partial charge in [-0.05, 0) is 24.6 Å². The molecule has 0 spiro atoms. The summed E-state index contributed by atoms with van der Waals surface area (Å²) in [6, 6.07) is 10.0. The zero-order chi connectivity index (χ0) is 13.8. The summed E-state index contributed by atoms with van der Waals surface area (Å²) in [7, 11) is 0. The van der Waals surface area contributed by atoms with Crippen LogP contribution in [0.5, 0.6) is 5.75 Å². The molecule has 98 valence electrons. The Labute approximate surface area is 109 Å². The molecule has 0 radical (unpaired) electrons. The highest BCUT2D eigenvalue weighted by molar-refractivity contribution is 5.98. The van der Waals surface area contributed by atoms with E-state index in [1.165, 1.54) is 0 Å². The van der Waals surface area contributed by atoms with Gasteiger partial charge in [-0.2, -0.15) is 0 Å². The van der Waals surface area contributed by atoms with Crippen molar-refractivity contribution in [2.75, 3.05) is 6.61 Å². The van der Waals surface area contributed by atoms with Gasteiger partial charge in [-0.15, -0.1) is 0 Å². The van der Waals surface area contributed by atoms with E-state index in [2.05, 4.69) is 0 Å². The summed E-state index contributed by atoms with van der Waals surface area (Å²) in [4.78, 5) is 11.9. The van der Waals surface area contributed by atoms with Crippen LogP contribution in [0.15, 0.2) is 42.5 Å². The molecule has 0 atom stereocenters. The van der Waals surface area contributed by atoms with Crippen molar-refractivity contribution < 1.29 is 18.3 Å². The third kappa shape index (κ3) is 3.16. The van der Waals surface area contributed by atoms with Crippen LogP contribution in [0.3, 0.4) is 0 Å². The van der Waals surface area contributed by atoms with Gasteiger partial charge in [0.1, 0.15) is 5.82 Å². The zero-order valence-electron chi connectivity index (χ0n) is 10.3. The predicted octanol–water partition coefficient (Wildman–Crippen LogP) is 3.53. The normalized spacial score (nSPS) is 10.3. The fourth-order valence-electron chi connectivity index (χ4n) is 1.70. The molecule has 2 aromatic carbocycles. The molecule has 0 fully saturated rings. The van der Waals surface area contributed by atoms with Crippen molar-refractivity contribution in [3.05, 3.63) is 65.2 Å². The maximum atomic E-state index is 13.3. The minimum absolute atomic E-state index is 0.136. The molecule has 0 saturated heterocycles. The summed E-state index contributed by atoms with van der Waals surface area (Å²) in [5.74, 6) is -1.89. The van der Waals surface area contributed by atoms with Gasteiger partial charge < -0.3 is 4.74 Å². The molecule has 0 unspecified atom stereocenters. The molecule has 19 heavy (non-hydrogen) atoms. The van der Waals surface area contributed by atoms with E-state index >= 15 is 0 Å². The molecule has 0 heterocycles. The first-order chi connectivity index (χ1) is 9.08. The van der Waals surface area contributed by atoms with Crippen LogP contribution < -0.4 is 4.74 Å². The third-order valence-electron chi connectivity index (χ3n) is 2.70. The van der Waals surface area contributed by atoms with E-state index < -0.39 is 11.6 Å². The van der Waals surface area contributed by atoms with Crippen LogP contribution in [0.4, 0.5) is 8.78 Å². The van der Waals surface area contributed by atoms with E-state index in [0.717, 1.165) is 17.7 Å². The third-order valence-corrected chi connectivity index (χ3v) is 2.70. The number of hydrogen-bond acceptors (Lipinski definition) is 2. The molecular formula is C15H12F2O2. The second-order valence-electron chi connectivity index (χ2n) is 4.10. The maximum Gasteiger partial charge on any atom is 0.200 e. The number of carbonyl (C=O) groups is 1. The first-order valence-corrected chi connectivity index (χ1v) is 5.74. The lowest BCUT2D eigenvalue weighted by Crippen LogP contribution is -2.13. The average molecular weight is 262 g/mol. The van der Waals surface area contributed by atoms with Crippen molar-refractivity contribution in [3.8, 4) is 5.75 Å². The lowest BCUT2D eigenvalue weighted by molar-refractivity contribution is 0.0918. The molecule has 0 aliphatic carbocycles. The van der Waals surface area contributed by atoms with E-state index in [9.17, 15) is 13.6 Å². The second kappa shape index (κ2) is 5.61. The van der Waals surface area contributed by atoms with Gasteiger partial charge in [-0.25, -0.2) is 8.78 Å². The Morgan fingerprint density at radius 1 is 1.16 bits per heavy atom. The van der Waals surface area contributed by atoms with Crippen molar-refractivity contribution in [2.24, 2.45) is 0 Å². The topological polar surface area (TPSA) is 26.3 Å². The summed E-state index contributed by atoms with van der Waals surface area (Å²) in [5, 5.41) is 0. The van der Waals surface area contributed by atoms with E-state index in [-0.39, 0.29) is 18.1 Å². The maximum absolute atomic E-state index is 13.3. The van der Waals surface area contributed by atoms with E-state index in [1.807, 2.05) is 19.1 Å². The molecule has 2 nitrogen and oxygen atoms in total. The molecule has 0 aromatic heterocycles. The van der Waals surface area contributed by atoms with E-state index in [4.69, 9.17) is 4.74 Å². The van der Waals surface area contributed by atoms with Gasteiger partial charge in [-0.1, -0.05) is 24.3 Å². The largest absolute Gasteiger partial charge is 0.482 e. The van der Waals surface area contributed by atoms with E-state index in [0.29, 0.717) is 11.6 Å². The molecule has 0 bridgehead atoms. The summed E-state index contributed by atoms with van der Waals surface area (Å²) >= 11 is 0. The Balaban J connectivity index is 2.07. The number of aryl methyl sites for hydroxylation is 1. The Bertz CT molecular complexity index is 609. The number of rotatable bonds is 4. The van der Waals surface area contributed by atoms with Crippen molar-refractivity contribution in [1.82, 2.24) is 0 Å². The highest BCUT2D eigenvalue weighted by Crippen LogP contribution is 2.18. The fraction of sp³-hybridized carbons (Fsp3) is 0.133. The Hall–Kier alpha value is -2.23. The number of ether oxygens (including phenoxy) is 1. The van der Waals surface area contributed by atoms with Crippen molar-refractivity contribution in [2.45, 2.75) is 6.92 Å². The summed E-state index contributed by atoms with van der Waals surface area (Å²) in [5.41, 5.74) is 1.36. The van der Waals surface area contributed by atoms with Crippen LogP contribution in [-0.2, 0) is 0 Å². The Morgan fingerprint density at radius 2 is 1.89 bits per heavy atom. The first kappa shape index (κ1) is 13.2. The SMILES string of the molecule is Cc1ccccc1C(=O)COc1ccc(F)cc1F. The quantitative estimate of drug-likeness (QED) is 0.788. The molecule has 2 rings (SSSR count). The standard InChI is InChI=1S/C15H12F2O2/c1-10-4-2-3-5-12(10)14(18)9-19-15-7-6-11(16)8-13(15)17/h2-8H,9H2,1H3. The minimum atomic E-state index is -0.822. The highest BCUT2D eigenvalue weighted by atomic mass is 19.1. The highest BCUT2D eigenvalue weighted by Gasteiger charge is 2.11. The lowest BCUT2D eigenvalue weighted by atomic mass is 10.1. The fourth-order valence-corrected chi connectivity index (χ4v) is 1.70.